The molecule has 1 unspecified atom stereocenters. The first-order valence-corrected chi connectivity index (χ1v) is 17.5. The van der Waals surface area contributed by atoms with Crippen molar-refractivity contribution in [2.75, 3.05) is 0 Å². The van der Waals surface area contributed by atoms with Crippen LogP contribution in [0.4, 0.5) is 0 Å². The van der Waals surface area contributed by atoms with Gasteiger partial charge in [-0.2, -0.15) is 0 Å². The third-order valence-corrected chi connectivity index (χ3v) is 14.0. The zero-order valence-electron chi connectivity index (χ0n) is 28.4. The molecule has 0 radical (unpaired) electrons. The zero-order chi connectivity index (χ0) is 32.6. The van der Waals surface area contributed by atoms with Gasteiger partial charge in [-0.05, 0) is 110 Å². The van der Waals surface area contributed by atoms with Crippen LogP contribution in [-0.2, 0) is 19.8 Å². The summed E-state index contributed by atoms with van der Waals surface area (Å²) in [5.41, 5.74) is 3.63. The first kappa shape index (κ1) is 33.1. The van der Waals surface area contributed by atoms with E-state index >= 15 is 0 Å². The molecular weight excluding hydrogens is 572 g/mol. The maximum Gasteiger partial charge on any atom is 0.309 e. The Labute approximate surface area is 268 Å². The van der Waals surface area contributed by atoms with Gasteiger partial charge in [0.25, 0.3) is 0 Å². The molecular formula is C37H52O6S. The van der Waals surface area contributed by atoms with E-state index in [1.807, 2.05) is 31.7 Å². The molecule has 5 rings (SSSR count). The van der Waals surface area contributed by atoms with Crippen molar-refractivity contribution >= 4 is 29.7 Å². The van der Waals surface area contributed by atoms with Crippen molar-refractivity contribution in [3.63, 3.8) is 0 Å². The topological polar surface area (TPSA) is 89.9 Å². The lowest BCUT2D eigenvalue weighted by Gasteiger charge is -2.71. The molecule has 0 amide bonds. The lowest BCUT2D eigenvalue weighted by Crippen LogP contribution is -2.63. The van der Waals surface area contributed by atoms with Crippen LogP contribution in [0, 0.1) is 34.5 Å². The lowest BCUT2D eigenvalue weighted by atomic mass is 9.33. The van der Waals surface area contributed by atoms with Gasteiger partial charge in [0.2, 0.25) is 0 Å². The zero-order valence-corrected chi connectivity index (χ0v) is 29.3. The molecule has 0 saturated heterocycles. The van der Waals surface area contributed by atoms with E-state index in [0.717, 1.165) is 68.1 Å². The average Bonchev–Trinajstić information content (AvgIpc) is 2.92. The molecule has 1 N–H and O–H groups in total. The molecule has 0 aromatic heterocycles. The number of fused-ring (bicyclic) bond motifs is 7. The number of aliphatic carboxylic acids is 1. The number of benzene rings is 1. The summed E-state index contributed by atoms with van der Waals surface area (Å²) in [5.74, 6) is -0.602. The van der Waals surface area contributed by atoms with Gasteiger partial charge in [0.15, 0.2) is 11.5 Å². The molecule has 6 nitrogen and oxygen atoms in total. The summed E-state index contributed by atoms with van der Waals surface area (Å²) >= 11 is 1.90. The van der Waals surface area contributed by atoms with Crippen LogP contribution in [0.5, 0.6) is 11.5 Å². The van der Waals surface area contributed by atoms with Crippen LogP contribution in [0.1, 0.15) is 136 Å². The molecule has 4 aliphatic carbocycles. The third kappa shape index (κ3) is 4.77. The molecule has 3 saturated carbocycles. The van der Waals surface area contributed by atoms with E-state index < -0.39 is 23.3 Å². The van der Waals surface area contributed by atoms with Gasteiger partial charge < -0.3 is 14.6 Å². The van der Waals surface area contributed by atoms with Gasteiger partial charge in [0, 0.05) is 30.1 Å². The SMILES string of the molecule is CC[C@@]12CC[C@]3(C)C(=CC(SC(C)C)c4c3cc(OC(C)=O)c(OC(C)=O)c4C)[C@@]1(C)CC[C@@]1(C)CC[C@@](C)(C(=O)O)C[C@H]12. The Morgan fingerprint density at radius 3 is 2.18 bits per heavy atom. The Kier molecular flexibility index (Phi) is 8.21. The number of rotatable bonds is 6. The van der Waals surface area contributed by atoms with Gasteiger partial charge in [-0.1, -0.05) is 53.2 Å². The summed E-state index contributed by atoms with van der Waals surface area (Å²) in [7, 11) is 0. The first-order chi connectivity index (χ1) is 20.4. The number of thioether (sulfide) groups is 1. The fourth-order valence-electron chi connectivity index (χ4n) is 10.3. The molecule has 7 heteroatoms. The minimum Gasteiger partial charge on any atom is -0.481 e. The van der Waals surface area contributed by atoms with Gasteiger partial charge in [-0.25, -0.2) is 0 Å². The Morgan fingerprint density at radius 2 is 1.61 bits per heavy atom. The van der Waals surface area contributed by atoms with E-state index in [4.69, 9.17) is 9.47 Å². The van der Waals surface area contributed by atoms with E-state index in [9.17, 15) is 19.5 Å². The molecule has 4 aliphatic rings. The fraction of sp³-hybridized carbons (Fsp3) is 0.703. The Morgan fingerprint density at radius 1 is 0.977 bits per heavy atom. The summed E-state index contributed by atoms with van der Waals surface area (Å²) in [6.45, 7) is 20.8. The molecule has 7 atom stereocenters. The van der Waals surface area contributed by atoms with Crippen molar-refractivity contribution in [2.24, 2.45) is 27.6 Å². The molecule has 0 bridgehead atoms. The molecule has 242 valence electrons. The van der Waals surface area contributed by atoms with E-state index in [0.29, 0.717) is 22.7 Å². The molecule has 44 heavy (non-hydrogen) atoms. The van der Waals surface area contributed by atoms with E-state index in [-0.39, 0.29) is 26.9 Å². The highest BCUT2D eigenvalue weighted by molar-refractivity contribution is 8.00. The van der Waals surface area contributed by atoms with Crippen molar-refractivity contribution in [3.05, 3.63) is 34.4 Å². The number of ether oxygens (including phenoxy) is 2. The van der Waals surface area contributed by atoms with Crippen LogP contribution in [0.25, 0.3) is 0 Å². The van der Waals surface area contributed by atoms with Crippen molar-refractivity contribution in [1.29, 1.82) is 0 Å². The predicted octanol–water partition coefficient (Wildman–Crippen LogP) is 9.11. The van der Waals surface area contributed by atoms with Gasteiger partial charge in [-0.15, -0.1) is 11.8 Å². The second-order valence-electron chi connectivity index (χ2n) is 15.6. The highest BCUT2D eigenvalue weighted by Gasteiger charge is 2.68. The smallest absolute Gasteiger partial charge is 0.309 e. The van der Waals surface area contributed by atoms with Gasteiger partial charge in [0.1, 0.15) is 0 Å². The van der Waals surface area contributed by atoms with Crippen LogP contribution >= 0.6 is 11.8 Å². The molecule has 1 aromatic rings. The number of esters is 2. The van der Waals surface area contributed by atoms with Gasteiger partial charge in [0.05, 0.1) is 5.41 Å². The van der Waals surface area contributed by atoms with Crippen LogP contribution in [0.2, 0.25) is 0 Å². The van der Waals surface area contributed by atoms with Crippen LogP contribution < -0.4 is 9.47 Å². The normalized spacial score (nSPS) is 37.6. The minimum atomic E-state index is -0.696. The van der Waals surface area contributed by atoms with Crippen molar-refractivity contribution < 1.29 is 29.0 Å². The largest absolute Gasteiger partial charge is 0.481 e. The third-order valence-electron chi connectivity index (χ3n) is 12.8. The maximum atomic E-state index is 12.6. The van der Waals surface area contributed by atoms with Crippen LogP contribution in [0.3, 0.4) is 0 Å². The predicted molar refractivity (Wildman–Crippen MR) is 175 cm³/mol. The molecule has 1 aromatic carbocycles. The highest BCUT2D eigenvalue weighted by Crippen LogP contribution is 2.76. The molecule has 0 heterocycles. The summed E-state index contributed by atoms with van der Waals surface area (Å²) in [6, 6.07) is 1.99. The Balaban J connectivity index is 1.74. The van der Waals surface area contributed by atoms with E-state index in [1.54, 1.807) is 0 Å². The number of carboxylic acids is 1. The van der Waals surface area contributed by atoms with Gasteiger partial charge in [-0.3, -0.25) is 14.4 Å². The molecule has 0 aliphatic heterocycles. The number of allylic oxidation sites excluding steroid dienone is 1. The molecule has 0 spiro atoms. The van der Waals surface area contributed by atoms with Gasteiger partial charge >= 0.3 is 17.9 Å². The number of carboxylic acid groups (broad SMARTS) is 1. The average molecular weight is 625 g/mol. The maximum absolute atomic E-state index is 12.6. The van der Waals surface area contributed by atoms with Crippen molar-refractivity contribution in [3.8, 4) is 11.5 Å². The van der Waals surface area contributed by atoms with E-state index in [1.165, 1.54) is 19.4 Å². The van der Waals surface area contributed by atoms with Crippen LogP contribution in [0.15, 0.2) is 17.7 Å². The van der Waals surface area contributed by atoms with Crippen LogP contribution in [-0.4, -0.2) is 28.3 Å². The Bertz CT molecular complexity index is 1430. The fourth-order valence-corrected chi connectivity index (χ4v) is 11.6. The number of carbonyl (C=O) groups is 3. The summed E-state index contributed by atoms with van der Waals surface area (Å²) in [4.78, 5) is 37.1. The van der Waals surface area contributed by atoms with Crippen molar-refractivity contribution in [1.82, 2.24) is 0 Å². The molecule has 3 fully saturated rings. The number of hydrogen-bond donors (Lipinski definition) is 1. The van der Waals surface area contributed by atoms with E-state index in [2.05, 4.69) is 47.6 Å². The summed E-state index contributed by atoms with van der Waals surface area (Å²) < 4.78 is 11.5. The second-order valence-corrected chi connectivity index (χ2v) is 17.3. The highest BCUT2D eigenvalue weighted by atomic mass is 32.2. The quantitative estimate of drug-likeness (QED) is 0.192. The second kappa shape index (κ2) is 10.9. The minimum absolute atomic E-state index is 0.0154. The number of hydrogen-bond acceptors (Lipinski definition) is 6. The summed E-state index contributed by atoms with van der Waals surface area (Å²) in [5, 5.41) is 10.8. The standard InChI is InChI=1S/C37H52O6S/c1-11-37-17-15-35(9)25-18-26(42-23(5)38)31(43-24(6)39)22(4)30(25)27(44-21(2)3)19-28(35)36(37,10)16-14-33(7)12-13-34(8,32(40)41)20-29(33)37/h18-19,21,27,29H,11-17,20H2,1-10H3,(H,40,41)/t27?,29-,33-,34-,35+,36-,37+/m1/s1. The summed E-state index contributed by atoms with van der Waals surface area (Å²) in [6.07, 6.45) is 10.1. The Hall–Kier alpha value is -2.28. The van der Waals surface area contributed by atoms with Crippen molar-refractivity contribution in [2.45, 2.75) is 137 Å². The monoisotopic (exact) mass is 624 g/mol. The first-order valence-electron chi connectivity index (χ1n) is 16.5. The number of carbonyl (C=O) groups excluding carboxylic acids is 2. The lowest BCUT2D eigenvalue weighted by molar-refractivity contribution is -0.183.